The highest BCUT2D eigenvalue weighted by Gasteiger charge is 2.12. The van der Waals surface area contributed by atoms with E-state index in [9.17, 15) is 4.79 Å². The Labute approximate surface area is 115 Å². The first-order valence-corrected chi connectivity index (χ1v) is 6.50. The summed E-state index contributed by atoms with van der Waals surface area (Å²) >= 11 is 0. The van der Waals surface area contributed by atoms with Gasteiger partial charge < -0.3 is 14.2 Å². The van der Waals surface area contributed by atoms with Gasteiger partial charge in [0.1, 0.15) is 11.5 Å². The van der Waals surface area contributed by atoms with E-state index in [1.54, 1.807) is 18.3 Å². The number of hydrogen-bond acceptors (Lipinski definition) is 5. The highest BCUT2D eigenvalue weighted by molar-refractivity contribution is 5.67. The van der Waals surface area contributed by atoms with Gasteiger partial charge in [0.2, 0.25) is 0 Å². The molecule has 0 unspecified atom stereocenters. The van der Waals surface area contributed by atoms with Crippen molar-refractivity contribution in [1.82, 2.24) is 14.9 Å². The van der Waals surface area contributed by atoms with Gasteiger partial charge in [0.15, 0.2) is 11.2 Å². The van der Waals surface area contributed by atoms with E-state index in [2.05, 4.69) is 10.3 Å². The summed E-state index contributed by atoms with van der Waals surface area (Å²) in [6, 6.07) is 7.22. The smallest absolute Gasteiger partial charge is 0.421 e. The molecule has 0 aromatic carbocycles. The lowest BCUT2D eigenvalue weighted by molar-refractivity contribution is 0.429. The highest BCUT2D eigenvalue weighted by Crippen LogP contribution is 2.13. The molecule has 3 rings (SSSR count). The molecule has 0 bridgehead atoms. The molecule has 6 nitrogen and oxygen atoms in total. The first-order chi connectivity index (χ1) is 9.78. The van der Waals surface area contributed by atoms with Crippen molar-refractivity contribution in [1.29, 1.82) is 0 Å². The zero-order valence-corrected chi connectivity index (χ0v) is 11.1. The third-order valence-corrected chi connectivity index (χ3v) is 3.00. The van der Waals surface area contributed by atoms with Crippen LogP contribution in [0, 0.1) is 0 Å². The zero-order chi connectivity index (χ0) is 13.9. The van der Waals surface area contributed by atoms with Gasteiger partial charge in [-0.1, -0.05) is 6.92 Å². The van der Waals surface area contributed by atoms with Gasteiger partial charge in [0.25, 0.3) is 0 Å². The van der Waals surface area contributed by atoms with E-state index in [4.69, 9.17) is 8.83 Å². The molecule has 0 saturated heterocycles. The molecule has 3 aromatic rings. The third kappa shape index (κ3) is 2.37. The standard InChI is InChI=1S/C14H15N3O3/c1-2-15-8-10-5-6-11(19-10)9-17-13-12(20-14(17)18)4-3-7-16-13/h3-7,15H,2,8-9H2,1H3. The lowest BCUT2D eigenvalue weighted by Crippen LogP contribution is -2.15. The van der Waals surface area contributed by atoms with Gasteiger partial charge in [0, 0.05) is 6.20 Å². The Bertz CT molecular complexity index is 769. The van der Waals surface area contributed by atoms with E-state index in [1.807, 2.05) is 19.1 Å². The fraction of sp³-hybridized carbons (Fsp3) is 0.286. The fourth-order valence-corrected chi connectivity index (χ4v) is 2.05. The maximum atomic E-state index is 11.8. The second-order valence-electron chi connectivity index (χ2n) is 4.43. The predicted molar refractivity (Wildman–Crippen MR) is 73.5 cm³/mol. The monoisotopic (exact) mass is 273 g/mol. The minimum absolute atomic E-state index is 0.314. The van der Waals surface area contributed by atoms with Crippen LogP contribution in [0.5, 0.6) is 0 Å². The van der Waals surface area contributed by atoms with Crippen LogP contribution in [0.4, 0.5) is 0 Å². The summed E-state index contributed by atoms with van der Waals surface area (Å²) in [5.74, 6) is 1.12. The minimum atomic E-state index is -0.427. The largest absolute Gasteiger partial charge is 0.463 e. The van der Waals surface area contributed by atoms with E-state index in [1.165, 1.54) is 4.57 Å². The molecule has 0 amide bonds. The number of fused-ring (bicyclic) bond motifs is 1. The molecule has 3 heterocycles. The Morgan fingerprint density at radius 2 is 2.10 bits per heavy atom. The number of aromatic nitrogens is 2. The molecule has 0 fully saturated rings. The number of hydrogen-bond donors (Lipinski definition) is 1. The number of nitrogens with zero attached hydrogens (tertiary/aromatic N) is 2. The molecule has 104 valence electrons. The zero-order valence-electron chi connectivity index (χ0n) is 11.1. The van der Waals surface area contributed by atoms with Crippen molar-refractivity contribution in [3.05, 3.63) is 52.5 Å². The van der Waals surface area contributed by atoms with Gasteiger partial charge in [0.05, 0.1) is 13.1 Å². The molecule has 0 aliphatic rings. The van der Waals surface area contributed by atoms with Crippen molar-refractivity contribution >= 4 is 11.2 Å². The van der Waals surface area contributed by atoms with Crippen LogP contribution in [0.1, 0.15) is 18.4 Å². The number of nitrogens with one attached hydrogen (secondary N) is 1. The summed E-state index contributed by atoms with van der Waals surface area (Å²) in [6.45, 7) is 3.91. The summed E-state index contributed by atoms with van der Waals surface area (Å²) < 4.78 is 12.3. The Morgan fingerprint density at radius 3 is 2.95 bits per heavy atom. The van der Waals surface area contributed by atoms with Crippen LogP contribution in [0.3, 0.4) is 0 Å². The molecule has 0 spiro atoms. The van der Waals surface area contributed by atoms with Crippen LogP contribution >= 0.6 is 0 Å². The summed E-state index contributed by atoms with van der Waals surface area (Å²) in [4.78, 5) is 16.0. The van der Waals surface area contributed by atoms with Crippen LogP contribution in [-0.4, -0.2) is 16.1 Å². The molecular formula is C14H15N3O3. The van der Waals surface area contributed by atoms with Crippen LogP contribution < -0.4 is 11.1 Å². The number of oxazole rings is 1. The van der Waals surface area contributed by atoms with Crippen LogP contribution in [0.2, 0.25) is 0 Å². The number of rotatable bonds is 5. The average molecular weight is 273 g/mol. The van der Waals surface area contributed by atoms with Crippen LogP contribution in [0.15, 0.2) is 44.1 Å². The van der Waals surface area contributed by atoms with Crippen molar-refractivity contribution in [2.75, 3.05) is 6.54 Å². The molecule has 3 aromatic heterocycles. The first-order valence-electron chi connectivity index (χ1n) is 6.50. The van der Waals surface area contributed by atoms with Gasteiger partial charge in [-0.05, 0) is 30.8 Å². The normalized spacial score (nSPS) is 11.2. The second-order valence-corrected chi connectivity index (χ2v) is 4.43. The molecule has 0 aliphatic heterocycles. The van der Waals surface area contributed by atoms with Crippen molar-refractivity contribution in [3.8, 4) is 0 Å². The molecule has 1 N–H and O–H groups in total. The van der Waals surface area contributed by atoms with Crippen LogP contribution in [0.25, 0.3) is 11.2 Å². The Morgan fingerprint density at radius 1 is 1.25 bits per heavy atom. The SMILES string of the molecule is CCNCc1ccc(Cn2c(=O)oc3cccnc32)o1. The molecule has 0 saturated carbocycles. The van der Waals surface area contributed by atoms with E-state index in [-0.39, 0.29) is 0 Å². The van der Waals surface area contributed by atoms with Crippen molar-refractivity contribution in [2.24, 2.45) is 0 Å². The van der Waals surface area contributed by atoms with Gasteiger partial charge >= 0.3 is 5.76 Å². The van der Waals surface area contributed by atoms with E-state index in [0.717, 1.165) is 12.3 Å². The fourth-order valence-electron chi connectivity index (χ4n) is 2.05. The Hall–Kier alpha value is -2.34. The van der Waals surface area contributed by atoms with Crippen molar-refractivity contribution in [2.45, 2.75) is 20.0 Å². The second kappa shape index (κ2) is 5.34. The Balaban J connectivity index is 1.87. The maximum absolute atomic E-state index is 11.8. The molecular weight excluding hydrogens is 258 g/mol. The van der Waals surface area contributed by atoms with Gasteiger partial charge in [-0.3, -0.25) is 4.57 Å². The van der Waals surface area contributed by atoms with Gasteiger partial charge in [-0.25, -0.2) is 9.78 Å². The van der Waals surface area contributed by atoms with Gasteiger partial charge in [-0.15, -0.1) is 0 Å². The Kier molecular flexibility index (Phi) is 3.39. The topological polar surface area (TPSA) is 73.2 Å². The molecule has 0 aliphatic carbocycles. The highest BCUT2D eigenvalue weighted by atomic mass is 16.4. The third-order valence-electron chi connectivity index (χ3n) is 3.00. The van der Waals surface area contributed by atoms with E-state index < -0.39 is 5.76 Å². The number of pyridine rings is 1. The average Bonchev–Trinajstić information content (AvgIpc) is 3.02. The minimum Gasteiger partial charge on any atom is -0.463 e. The number of furan rings is 1. The van der Waals surface area contributed by atoms with E-state index >= 15 is 0 Å². The lowest BCUT2D eigenvalue weighted by Gasteiger charge is -1.99. The van der Waals surface area contributed by atoms with Crippen LogP contribution in [-0.2, 0) is 13.1 Å². The molecule has 0 radical (unpaired) electrons. The molecule has 0 atom stereocenters. The maximum Gasteiger partial charge on any atom is 0.421 e. The van der Waals surface area contributed by atoms with E-state index in [0.29, 0.717) is 30.1 Å². The predicted octanol–water partition coefficient (Wildman–Crippen LogP) is 1.74. The molecule has 20 heavy (non-hydrogen) atoms. The molecule has 6 heteroatoms. The lowest BCUT2D eigenvalue weighted by atomic mass is 10.4. The summed E-state index contributed by atoms with van der Waals surface area (Å²) in [5.41, 5.74) is 1.01. The van der Waals surface area contributed by atoms with Gasteiger partial charge in [-0.2, -0.15) is 0 Å². The summed E-state index contributed by atoms with van der Waals surface area (Å²) in [7, 11) is 0. The summed E-state index contributed by atoms with van der Waals surface area (Å²) in [6.07, 6.45) is 1.63. The quantitative estimate of drug-likeness (QED) is 0.766. The first kappa shape index (κ1) is 12.7. The summed E-state index contributed by atoms with van der Waals surface area (Å²) in [5, 5.41) is 3.18. The van der Waals surface area contributed by atoms with Crippen molar-refractivity contribution < 1.29 is 8.83 Å². The van der Waals surface area contributed by atoms with Crippen molar-refractivity contribution in [3.63, 3.8) is 0 Å².